The molecule has 4 aromatic rings. The molecule has 1 aromatic carbocycles. The summed E-state index contributed by atoms with van der Waals surface area (Å²) in [7, 11) is 0. The summed E-state index contributed by atoms with van der Waals surface area (Å²) >= 11 is 1.75. The van der Waals surface area contributed by atoms with Gasteiger partial charge in [0.2, 0.25) is 0 Å². The number of oxazole rings is 1. The maximum Gasteiger partial charge on any atom is 0.192 e. The summed E-state index contributed by atoms with van der Waals surface area (Å²) in [5.41, 5.74) is 3.87. The van der Waals surface area contributed by atoms with E-state index in [-0.39, 0.29) is 0 Å². The molecule has 5 rings (SSSR count). The number of aryl methyl sites for hydroxylation is 3. The van der Waals surface area contributed by atoms with Crippen molar-refractivity contribution in [2.75, 3.05) is 18.4 Å². The summed E-state index contributed by atoms with van der Waals surface area (Å²) < 4.78 is 5.59. The quantitative estimate of drug-likeness (QED) is 0.553. The summed E-state index contributed by atoms with van der Waals surface area (Å²) in [6.07, 6.45) is 2.61. The zero-order valence-electron chi connectivity index (χ0n) is 16.4. The van der Waals surface area contributed by atoms with Crippen LogP contribution in [0, 0.1) is 20.8 Å². The number of nitrogens with zero attached hydrogens (tertiary/aromatic N) is 3. The van der Waals surface area contributed by atoms with Crippen molar-refractivity contribution in [3.63, 3.8) is 0 Å². The SMILES string of the molecule is Cc1nc2cc(Nc3nc(C[NH+]4CCCC4)nc4sc(C)c(C)c34)ccc2o1. The Hall–Kier alpha value is -2.51. The Morgan fingerprint density at radius 1 is 1.11 bits per heavy atom. The van der Waals surface area contributed by atoms with Gasteiger partial charge in [0, 0.05) is 30.3 Å². The van der Waals surface area contributed by atoms with Gasteiger partial charge in [-0.15, -0.1) is 11.3 Å². The molecule has 3 aromatic heterocycles. The van der Waals surface area contributed by atoms with Crippen molar-refractivity contribution in [1.29, 1.82) is 0 Å². The van der Waals surface area contributed by atoms with Crippen LogP contribution in [0.2, 0.25) is 0 Å². The van der Waals surface area contributed by atoms with Gasteiger partial charge >= 0.3 is 0 Å². The molecule has 0 saturated carbocycles. The summed E-state index contributed by atoms with van der Waals surface area (Å²) in [5, 5.41) is 4.66. The molecular formula is C21H24N5OS+. The number of anilines is 2. The molecule has 1 aliphatic heterocycles. The Labute approximate surface area is 167 Å². The third kappa shape index (κ3) is 3.14. The molecule has 2 N–H and O–H groups in total. The smallest absolute Gasteiger partial charge is 0.192 e. The van der Waals surface area contributed by atoms with Gasteiger partial charge in [-0.1, -0.05) is 0 Å². The maximum absolute atomic E-state index is 5.59. The highest BCUT2D eigenvalue weighted by Crippen LogP contribution is 2.35. The minimum Gasteiger partial charge on any atom is -0.441 e. The summed E-state index contributed by atoms with van der Waals surface area (Å²) in [6, 6.07) is 5.98. The van der Waals surface area contributed by atoms with Gasteiger partial charge in [-0.25, -0.2) is 15.0 Å². The monoisotopic (exact) mass is 394 g/mol. The Morgan fingerprint density at radius 3 is 2.75 bits per heavy atom. The molecule has 0 radical (unpaired) electrons. The van der Waals surface area contributed by atoms with Crippen LogP contribution in [0.5, 0.6) is 0 Å². The molecule has 0 aliphatic carbocycles. The van der Waals surface area contributed by atoms with Crippen molar-refractivity contribution in [2.45, 2.75) is 40.2 Å². The predicted molar refractivity (Wildman–Crippen MR) is 113 cm³/mol. The number of likely N-dealkylation sites (tertiary alicyclic amines) is 1. The van der Waals surface area contributed by atoms with Crippen molar-refractivity contribution in [3.8, 4) is 0 Å². The van der Waals surface area contributed by atoms with Crippen molar-refractivity contribution in [1.82, 2.24) is 15.0 Å². The van der Waals surface area contributed by atoms with Crippen LogP contribution in [0.3, 0.4) is 0 Å². The van der Waals surface area contributed by atoms with Gasteiger partial charge in [0.25, 0.3) is 0 Å². The Kier molecular flexibility index (Phi) is 4.29. The first-order valence-electron chi connectivity index (χ1n) is 9.81. The average Bonchev–Trinajstić information content (AvgIpc) is 3.35. The Balaban J connectivity index is 1.56. The molecule has 28 heavy (non-hydrogen) atoms. The third-order valence-corrected chi connectivity index (χ3v) is 6.65. The van der Waals surface area contributed by atoms with E-state index in [1.807, 2.05) is 25.1 Å². The Bertz CT molecular complexity index is 1170. The fraction of sp³-hybridized carbons (Fsp3) is 0.381. The maximum atomic E-state index is 5.59. The number of fused-ring (bicyclic) bond motifs is 2. The van der Waals surface area contributed by atoms with Gasteiger partial charge in [-0.05, 0) is 37.6 Å². The van der Waals surface area contributed by atoms with E-state index in [1.54, 1.807) is 16.2 Å². The topological polar surface area (TPSA) is 68.3 Å². The molecule has 0 unspecified atom stereocenters. The van der Waals surface area contributed by atoms with Crippen molar-refractivity contribution in [2.24, 2.45) is 0 Å². The van der Waals surface area contributed by atoms with Crippen LogP contribution in [0.1, 0.15) is 35.0 Å². The molecule has 6 nitrogen and oxygen atoms in total. The lowest BCUT2D eigenvalue weighted by molar-refractivity contribution is -0.902. The lowest BCUT2D eigenvalue weighted by Crippen LogP contribution is -3.08. The molecule has 1 aliphatic rings. The fourth-order valence-corrected chi connectivity index (χ4v) is 5.04. The van der Waals surface area contributed by atoms with Gasteiger partial charge in [-0.2, -0.15) is 0 Å². The first-order chi connectivity index (χ1) is 13.6. The number of benzene rings is 1. The van der Waals surface area contributed by atoms with Crippen LogP contribution in [0.25, 0.3) is 21.3 Å². The molecule has 0 atom stereocenters. The molecular weight excluding hydrogens is 370 g/mol. The number of aromatic nitrogens is 3. The van der Waals surface area contributed by atoms with Crippen molar-refractivity contribution < 1.29 is 9.32 Å². The van der Waals surface area contributed by atoms with E-state index < -0.39 is 0 Å². The lowest BCUT2D eigenvalue weighted by atomic mass is 10.2. The minimum atomic E-state index is 0.678. The second-order valence-electron chi connectivity index (χ2n) is 7.63. The van der Waals surface area contributed by atoms with Gasteiger partial charge < -0.3 is 14.6 Å². The second kappa shape index (κ2) is 6.83. The van der Waals surface area contributed by atoms with E-state index in [9.17, 15) is 0 Å². The molecule has 4 heterocycles. The summed E-state index contributed by atoms with van der Waals surface area (Å²) in [6.45, 7) is 9.50. The number of quaternary nitrogens is 1. The summed E-state index contributed by atoms with van der Waals surface area (Å²) in [4.78, 5) is 18.2. The fourth-order valence-electron chi connectivity index (χ4n) is 4.00. The molecule has 0 amide bonds. The summed E-state index contributed by atoms with van der Waals surface area (Å²) in [5.74, 6) is 2.49. The second-order valence-corrected chi connectivity index (χ2v) is 8.83. The lowest BCUT2D eigenvalue weighted by Gasteiger charge is -2.13. The third-order valence-electron chi connectivity index (χ3n) is 5.55. The van der Waals surface area contributed by atoms with Gasteiger partial charge in [0.1, 0.15) is 22.7 Å². The largest absolute Gasteiger partial charge is 0.441 e. The van der Waals surface area contributed by atoms with Crippen LogP contribution >= 0.6 is 11.3 Å². The standard InChI is InChI=1S/C21H23N5OS/c1-12-13(2)28-21-19(12)20(24-18(25-21)11-26-8-4-5-9-26)23-15-6-7-17-16(10-15)22-14(3)27-17/h6-7,10H,4-5,8-9,11H2,1-3H3,(H,23,24,25)/p+1. The average molecular weight is 395 g/mol. The Morgan fingerprint density at radius 2 is 1.93 bits per heavy atom. The van der Waals surface area contributed by atoms with Crippen molar-refractivity contribution >= 4 is 44.2 Å². The predicted octanol–water partition coefficient (Wildman–Crippen LogP) is 3.68. The highest BCUT2D eigenvalue weighted by molar-refractivity contribution is 7.18. The zero-order chi connectivity index (χ0) is 19.3. The van der Waals surface area contributed by atoms with Crippen LogP contribution < -0.4 is 10.2 Å². The van der Waals surface area contributed by atoms with Gasteiger partial charge in [-0.3, -0.25) is 0 Å². The molecule has 1 fully saturated rings. The van der Waals surface area contributed by atoms with Crippen LogP contribution in [-0.4, -0.2) is 28.0 Å². The van der Waals surface area contributed by atoms with E-state index in [1.165, 1.54) is 36.4 Å². The van der Waals surface area contributed by atoms with Crippen LogP contribution in [0.4, 0.5) is 11.5 Å². The molecule has 0 spiro atoms. The molecule has 144 valence electrons. The van der Waals surface area contributed by atoms with E-state index in [0.717, 1.165) is 45.2 Å². The first kappa shape index (κ1) is 17.6. The highest BCUT2D eigenvalue weighted by atomic mass is 32.1. The minimum absolute atomic E-state index is 0.678. The van der Waals surface area contributed by atoms with Crippen LogP contribution in [-0.2, 0) is 6.54 Å². The van der Waals surface area contributed by atoms with Crippen molar-refractivity contribution in [3.05, 3.63) is 40.4 Å². The van der Waals surface area contributed by atoms with E-state index in [0.29, 0.717) is 5.89 Å². The van der Waals surface area contributed by atoms with E-state index >= 15 is 0 Å². The number of nitrogens with one attached hydrogen (secondary N) is 2. The molecule has 0 bridgehead atoms. The normalized spacial score (nSPS) is 15.1. The van der Waals surface area contributed by atoms with Gasteiger partial charge in [0.15, 0.2) is 17.3 Å². The number of hydrogen-bond acceptors (Lipinski definition) is 6. The molecule has 7 heteroatoms. The number of hydrogen-bond donors (Lipinski definition) is 2. The van der Waals surface area contributed by atoms with E-state index in [2.05, 4.69) is 24.1 Å². The molecule has 1 saturated heterocycles. The number of thiophene rings is 1. The number of rotatable bonds is 4. The van der Waals surface area contributed by atoms with E-state index in [4.69, 9.17) is 14.4 Å². The van der Waals surface area contributed by atoms with Gasteiger partial charge in [0.05, 0.1) is 18.5 Å². The first-order valence-corrected chi connectivity index (χ1v) is 10.6. The highest BCUT2D eigenvalue weighted by Gasteiger charge is 2.20. The zero-order valence-corrected chi connectivity index (χ0v) is 17.2. The van der Waals surface area contributed by atoms with Crippen LogP contribution in [0.15, 0.2) is 22.6 Å².